The number of aliphatic carboxylic acids is 1. The van der Waals surface area contributed by atoms with E-state index in [1.54, 1.807) is 0 Å². The van der Waals surface area contributed by atoms with Crippen molar-refractivity contribution >= 4 is 5.97 Å². The van der Waals surface area contributed by atoms with E-state index >= 15 is 0 Å². The molecule has 0 heterocycles. The molecule has 0 amide bonds. The second kappa shape index (κ2) is 4.66. The van der Waals surface area contributed by atoms with Crippen molar-refractivity contribution in [1.82, 2.24) is 5.32 Å². The Balaban J connectivity index is 1.84. The van der Waals surface area contributed by atoms with Crippen LogP contribution in [-0.2, 0) is 17.8 Å². The van der Waals surface area contributed by atoms with Gasteiger partial charge in [-0.05, 0) is 23.5 Å². The lowest BCUT2D eigenvalue weighted by Gasteiger charge is -2.04. The summed E-state index contributed by atoms with van der Waals surface area (Å²) in [4.78, 5) is 10.5. The summed E-state index contributed by atoms with van der Waals surface area (Å²) in [7, 11) is 0. The van der Waals surface area contributed by atoms with Gasteiger partial charge in [-0.3, -0.25) is 4.79 Å². The largest absolute Gasteiger partial charge is 0.481 e. The zero-order valence-electron chi connectivity index (χ0n) is 9.44. The summed E-state index contributed by atoms with van der Waals surface area (Å²) in [5, 5.41) is 12.1. The van der Waals surface area contributed by atoms with Gasteiger partial charge in [-0.15, -0.1) is 0 Å². The van der Waals surface area contributed by atoms with Gasteiger partial charge >= 0.3 is 5.97 Å². The predicted octanol–water partition coefficient (Wildman–Crippen LogP) is 1.81. The second-order valence-corrected chi connectivity index (χ2v) is 4.59. The fraction of sp³-hybridized carbons (Fsp3) is 0.462. The van der Waals surface area contributed by atoms with E-state index < -0.39 is 5.97 Å². The number of carbonyl (C=O) groups is 1. The third kappa shape index (κ3) is 3.07. The average Bonchev–Trinajstić information content (AvgIpc) is 2.93. The Morgan fingerprint density at radius 2 is 1.94 bits per heavy atom. The standard InChI is InChI=1S/C13H17NO2/c1-9-6-12(9)14-8-11-4-2-10(3-5-11)7-13(15)16/h2-5,9,12,14H,6-8H2,1H3,(H,15,16). The van der Waals surface area contributed by atoms with Crippen molar-refractivity contribution in [1.29, 1.82) is 0 Å². The van der Waals surface area contributed by atoms with Crippen molar-refractivity contribution in [3.05, 3.63) is 35.4 Å². The van der Waals surface area contributed by atoms with Gasteiger partial charge in [-0.25, -0.2) is 0 Å². The van der Waals surface area contributed by atoms with E-state index in [1.807, 2.05) is 24.3 Å². The molecule has 3 heteroatoms. The maximum Gasteiger partial charge on any atom is 0.307 e. The smallest absolute Gasteiger partial charge is 0.307 e. The van der Waals surface area contributed by atoms with Gasteiger partial charge in [0.15, 0.2) is 0 Å². The third-order valence-corrected chi connectivity index (χ3v) is 3.06. The zero-order valence-corrected chi connectivity index (χ0v) is 9.44. The molecule has 0 radical (unpaired) electrons. The summed E-state index contributed by atoms with van der Waals surface area (Å²) < 4.78 is 0. The average molecular weight is 219 g/mol. The lowest BCUT2D eigenvalue weighted by atomic mass is 10.1. The molecule has 0 aliphatic heterocycles. The molecule has 1 aromatic carbocycles. The minimum Gasteiger partial charge on any atom is -0.481 e. The van der Waals surface area contributed by atoms with Gasteiger partial charge in [0, 0.05) is 12.6 Å². The van der Waals surface area contributed by atoms with Crippen LogP contribution in [0.25, 0.3) is 0 Å². The Kier molecular flexibility index (Phi) is 3.25. The number of carboxylic acids is 1. The summed E-state index contributed by atoms with van der Waals surface area (Å²) in [5.41, 5.74) is 2.07. The fourth-order valence-electron chi connectivity index (χ4n) is 1.81. The first-order chi connectivity index (χ1) is 7.65. The molecule has 3 nitrogen and oxygen atoms in total. The first kappa shape index (κ1) is 11.1. The molecule has 1 fully saturated rings. The highest BCUT2D eigenvalue weighted by Gasteiger charge is 2.31. The summed E-state index contributed by atoms with van der Waals surface area (Å²) in [6.07, 6.45) is 1.38. The lowest BCUT2D eigenvalue weighted by molar-refractivity contribution is -0.136. The lowest BCUT2D eigenvalue weighted by Crippen LogP contribution is -2.16. The van der Waals surface area contributed by atoms with Crippen LogP contribution in [0, 0.1) is 5.92 Å². The minimum absolute atomic E-state index is 0.105. The van der Waals surface area contributed by atoms with E-state index in [2.05, 4.69) is 12.2 Å². The van der Waals surface area contributed by atoms with E-state index in [-0.39, 0.29) is 6.42 Å². The Labute approximate surface area is 95.5 Å². The van der Waals surface area contributed by atoms with Crippen molar-refractivity contribution in [2.24, 2.45) is 5.92 Å². The molecule has 16 heavy (non-hydrogen) atoms. The van der Waals surface area contributed by atoms with Crippen molar-refractivity contribution in [2.75, 3.05) is 0 Å². The van der Waals surface area contributed by atoms with Crippen LogP contribution < -0.4 is 5.32 Å². The third-order valence-electron chi connectivity index (χ3n) is 3.06. The van der Waals surface area contributed by atoms with Crippen LogP contribution >= 0.6 is 0 Å². The molecule has 2 rings (SSSR count). The molecule has 2 atom stereocenters. The molecule has 1 saturated carbocycles. The number of nitrogens with one attached hydrogen (secondary N) is 1. The molecule has 0 aromatic heterocycles. The molecule has 2 unspecified atom stereocenters. The van der Waals surface area contributed by atoms with Gasteiger partial charge in [0.1, 0.15) is 0 Å². The number of hydrogen-bond donors (Lipinski definition) is 2. The molecule has 1 aliphatic carbocycles. The molecule has 1 aromatic rings. The van der Waals surface area contributed by atoms with Crippen LogP contribution in [0.4, 0.5) is 0 Å². The zero-order chi connectivity index (χ0) is 11.5. The Morgan fingerprint density at radius 3 is 2.44 bits per heavy atom. The number of rotatable bonds is 5. The van der Waals surface area contributed by atoms with Crippen LogP contribution in [0.2, 0.25) is 0 Å². The number of hydrogen-bond acceptors (Lipinski definition) is 2. The van der Waals surface area contributed by atoms with Crippen molar-refractivity contribution in [3.63, 3.8) is 0 Å². The SMILES string of the molecule is CC1CC1NCc1ccc(CC(=O)O)cc1. The number of carboxylic acid groups (broad SMARTS) is 1. The summed E-state index contributed by atoms with van der Waals surface area (Å²) in [6.45, 7) is 3.12. The van der Waals surface area contributed by atoms with Gasteiger partial charge in [0.05, 0.1) is 6.42 Å². The van der Waals surface area contributed by atoms with E-state index in [1.165, 1.54) is 12.0 Å². The molecule has 0 bridgehead atoms. The Bertz CT molecular complexity index is 372. The van der Waals surface area contributed by atoms with Crippen LogP contribution in [0.1, 0.15) is 24.5 Å². The van der Waals surface area contributed by atoms with Gasteiger partial charge in [-0.2, -0.15) is 0 Å². The second-order valence-electron chi connectivity index (χ2n) is 4.59. The minimum atomic E-state index is -0.780. The summed E-state index contributed by atoms with van der Waals surface area (Å²) in [6, 6.07) is 8.46. The van der Waals surface area contributed by atoms with Gasteiger partial charge in [0.2, 0.25) is 0 Å². The molecule has 2 N–H and O–H groups in total. The van der Waals surface area contributed by atoms with E-state index in [0.29, 0.717) is 6.04 Å². The van der Waals surface area contributed by atoms with Crippen LogP contribution in [0.5, 0.6) is 0 Å². The normalized spacial score (nSPS) is 23.1. The van der Waals surface area contributed by atoms with Crippen LogP contribution in [0.15, 0.2) is 24.3 Å². The Morgan fingerprint density at radius 1 is 1.38 bits per heavy atom. The highest BCUT2D eigenvalue weighted by molar-refractivity contribution is 5.70. The Hall–Kier alpha value is -1.35. The van der Waals surface area contributed by atoms with Crippen molar-refractivity contribution in [3.8, 4) is 0 Å². The summed E-state index contributed by atoms with van der Waals surface area (Å²) >= 11 is 0. The fourth-order valence-corrected chi connectivity index (χ4v) is 1.81. The topological polar surface area (TPSA) is 49.3 Å². The highest BCUT2D eigenvalue weighted by Crippen LogP contribution is 2.29. The highest BCUT2D eigenvalue weighted by atomic mass is 16.4. The molecule has 0 spiro atoms. The van der Waals surface area contributed by atoms with E-state index in [4.69, 9.17) is 5.11 Å². The molecule has 0 saturated heterocycles. The maximum absolute atomic E-state index is 10.5. The molecular weight excluding hydrogens is 202 g/mol. The van der Waals surface area contributed by atoms with Crippen molar-refractivity contribution < 1.29 is 9.90 Å². The van der Waals surface area contributed by atoms with Gasteiger partial charge < -0.3 is 10.4 Å². The monoisotopic (exact) mass is 219 g/mol. The summed E-state index contributed by atoms with van der Waals surface area (Å²) in [5.74, 6) is 0.0314. The first-order valence-electron chi connectivity index (χ1n) is 5.68. The predicted molar refractivity (Wildman–Crippen MR) is 62.2 cm³/mol. The quantitative estimate of drug-likeness (QED) is 0.794. The molecule has 86 valence electrons. The first-order valence-corrected chi connectivity index (χ1v) is 5.68. The maximum atomic E-state index is 10.5. The van der Waals surface area contributed by atoms with Gasteiger partial charge in [-0.1, -0.05) is 31.2 Å². The van der Waals surface area contributed by atoms with Crippen LogP contribution in [0.3, 0.4) is 0 Å². The molecule has 1 aliphatic rings. The van der Waals surface area contributed by atoms with E-state index in [0.717, 1.165) is 18.0 Å². The van der Waals surface area contributed by atoms with Crippen LogP contribution in [-0.4, -0.2) is 17.1 Å². The molecular formula is C13H17NO2. The van der Waals surface area contributed by atoms with E-state index in [9.17, 15) is 4.79 Å². The van der Waals surface area contributed by atoms with Crippen molar-refractivity contribution in [2.45, 2.75) is 32.4 Å². The number of benzene rings is 1. The van der Waals surface area contributed by atoms with Gasteiger partial charge in [0.25, 0.3) is 0 Å².